The lowest BCUT2D eigenvalue weighted by Gasteiger charge is -2.00. The second-order valence-electron chi connectivity index (χ2n) is 3.12. The summed E-state index contributed by atoms with van der Waals surface area (Å²) in [5, 5.41) is 8.98. The van der Waals surface area contributed by atoms with Crippen molar-refractivity contribution in [1.82, 2.24) is 9.38 Å². The number of fused-ring (bicyclic) bond motifs is 1. The summed E-state index contributed by atoms with van der Waals surface area (Å²) < 4.78 is 2.28. The Balaban J connectivity index is 2.81. The van der Waals surface area contributed by atoms with E-state index in [1.54, 1.807) is 22.6 Å². The molecule has 2 aromatic rings. The van der Waals surface area contributed by atoms with Gasteiger partial charge in [-0.25, -0.2) is 9.78 Å². The van der Waals surface area contributed by atoms with E-state index < -0.39 is 5.97 Å². The number of rotatable bonds is 3. The van der Waals surface area contributed by atoms with Crippen molar-refractivity contribution in [2.75, 3.05) is 0 Å². The van der Waals surface area contributed by atoms with Crippen molar-refractivity contribution in [1.29, 1.82) is 0 Å². The van der Waals surface area contributed by atoms with Crippen LogP contribution in [0.5, 0.6) is 0 Å². The van der Waals surface area contributed by atoms with Crippen LogP contribution in [0.25, 0.3) is 5.52 Å². The lowest BCUT2D eigenvalue weighted by atomic mass is 10.3. The Bertz CT molecular complexity index is 577. The van der Waals surface area contributed by atoms with E-state index in [1.807, 2.05) is 0 Å². The van der Waals surface area contributed by atoms with E-state index in [1.165, 1.54) is 0 Å². The van der Waals surface area contributed by atoms with Crippen molar-refractivity contribution in [2.45, 2.75) is 6.42 Å². The third kappa shape index (κ3) is 1.61. The molecule has 0 aliphatic carbocycles. The van der Waals surface area contributed by atoms with Crippen LogP contribution in [0.15, 0.2) is 22.8 Å². The summed E-state index contributed by atoms with van der Waals surface area (Å²) in [5.74, 6) is -0.692. The molecule has 0 saturated heterocycles. The molecule has 6 heteroatoms. The summed E-state index contributed by atoms with van der Waals surface area (Å²) in [5.41, 5.74) is 0.428. The van der Waals surface area contributed by atoms with E-state index in [4.69, 9.17) is 5.11 Å². The summed E-state index contributed by atoms with van der Waals surface area (Å²) in [6, 6.07) is 5.13. The number of carbonyl (C=O) groups excluding carboxylic acids is 1. The van der Waals surface area contributed by atoms with Crippen LogP contribution >= 0.6 is 15.9 Å². The van der Waals surface area contributed by atoms with Gasteiger partial charge in [0.15, 0.2) is 5.69 Å². The van der Waals surface area contributed by atoms with E-state index >= 15 is 0 Å². The minimum atomic E-state index is -1.10. The molecular formula is C10H7BrN2O3. The summed E-state index contributed by atoms with van der Waals surface area (Å²) >= 11 is 3.29. The highest BCUT2D eigenvalue weighted by atomic mass is 79.9. The van der Waals surface area contributed by atoms with Crippen molar-refractivity contribution < 1.29 is 14.7 Å². The van der Waals surface area contributed by atoms with Gasteiger partial charge in [0.25, 0.3) is 0 Å². The highest BCUT2D eigenvalue weighted by molar-refractivity contribution is 9.10. The number of halogens is 1. The average molecular weight is 283 g/mol. The maximum atomic E-state index is 11.0. The number of carbonyl (C=O) groups is 2. The monoisotopic (exact) mass is 282 g/mol. The number of pyridine rings is 1. The summed E-state index contributed by atoms with van der Waals surface area (Å²) in [4.78, 5) is 25.4. The zero-order valence-corrected chi connectivity index (χ0v) is 9.64. The van der Waals surface area contributed by atoms with Crippen LogP contribution in [0.2, 0.25) is 0 Å². The Labute approximate surface area is 98.8 Å². The van der Waals surface area contributed by atoms with Crippen molar-refractivity contribution in [3.63, 3.8) is 0 Å². The molecule has 82 valence electrons. The van der Waals surface area contributed by atoms with Crippen LogP contribution in [0.4, 0.5) is 0 Å². The molecule has 1 N–H and O–H groups in total. The molecule has 2 heterocycles. The Morgan fingerprint density at radius 3 is 2.94 bits per heavy atom. The Kier molecular flexibility index (Phi) is 2.74. The number of aldehydes is 1. The van der Waals surface area contributed by atoms with Gasteiger partial charge in [0.1, 0.15) is 12.1 Å². The van der Waals surface area contributed by atoms with E-state index in [2.05, 4.69) is 20.9 Å². The van der Waals surface area contributed by atoms with E-state index in [-0.39, 0.29) is 12.1 Å². The van der Waals surface area contributed by atoms with Gasteiger partial charge in [-0.1, -0.05) is 6.07 Å². The summed E-state index contributed by atoms with van der Waals surface area (Å²) in [6.45, 7) is 0. The normalized spacial score (nSPS) is 10.6. The SMILES string of the molecule is O=CCc1nc(C(=O)O)c2cccc(Br)n12. The first-order valence-electron chi connectivity index (χ1n) is 4.48. The highest BCUT2D eigenvalue weighted by Crippen LogP contribution is 2.19. The smallest absolute Gasteiger partial charge is 0.356 e. The third-order valence-corrected chi connectivity index (χ3v) is 2.77. The molecule has 0 aliphatic rings. The zero-order chi connectivity index (χ0) is 11.7. The van der Waals surface area contributed by atoms with Gasteiger partial charge >= 0.3 is 5.97 Å². The molecule has 0 unspecified atom stereocenters. The molecule has 0 spiro atoms. The van der Waals surface area contributed by atoms with Crippen molar-refractivity contribution in [3.05, 3.63) is 34.3 Å². The molecule has 0 aromatic carbocycles. The van der Waals surface area contributed by atoms with Gasteiger partial charge in [-0.3, -0.25) is 4.40 Å². The van der Waals surface area contributed by atoms with Crippen LogP contribution < -0.4 is 0 Å². The largest absolute Gasteiger partial charge is 0.476 e. The maximum absolute atomic E-state index is 11.0. The predicted octanol–water partition coefficient (Wildman–Crippen LogP) is 1.54. The van der Waals surface area contributed by atoms with Crippen LogP contribution in [0.3, 0.4) is 0 Å². The van der Waals surface area contributed by atoms with Gasteiger partial charge in [0, 0.05) is 0 Å². The standard InChI is InChI=1S/C10H7BrN2O3/c11-7-3-1-2-6-9(10(15)16)12-8(4-5-14)13(6)7/h1-3,5H,4H2,(H,15,16). The van der Waals surface area contributed by atoms with Gasteiger partial charge < -0.3 is 9.90 Å². The summed E-state index contributed by atoms with van der Waals surface area (Å²) in [7, 11) is 0. The van der Waals surface area contributed by atoms with E-state index in [0.29, 0.717) is 22.2 Å². The molecule has 16 heavy (non-hydrogen) atoms. The molecule has 0 bridgehead atoms. The van der Waals surface area contributed by atoms with Crippen LogP contribution in [-0.2, 0) is 11.2 Å². The number of hydrogen-bond acceptors (Lipinski definition) is 3. The van der Waals surface area contributed by atoms with Gasteiger partial charge in [-0.15, -0.1) is 0 Å². The lowest BCUT2D eigenvalue weighted by Crippen LogP contribution is -1.97. The molecule has 0 atom stereocenters. The predicted molar refractivity (Wildman–Crippen MR) is 59.6 cm³/mol. The molecule has 0 radical (unpaired) electrons. The number of carboxylic acid groups (broad SMARTS) is 1. The van der Waals surface area contributed by atoms with Crippen LogP contribution in [-0.4, -0.2) is 26.7 Å². The number of hydrogen-bond donors (Lipinski definition) is 1. The number of carboxylic acids is 1. The molecule has 0 fully saturated rings. The first kappa shape index (κ1) is 10.8. The van der Waals surface area contributed by atoms with Gasteiger partial charge in [0.05, 0.1) is 16.5 Å². The van der Waals surface area contributed by atoms with Gasteiger partial charge in [-0.2, -0.15) is 0 Å². The zero-order valence-electron chi connectivity index (χ0n) is 8.05. The first-order valence-corrected chi connectivity index (χ1v) is 5.27. The minimum absolute atomic E-state index is 0.0434. The molecule has 0 amide bonds. The molecule has 2 aromatic heterocycles. The van der Waals surface area contributed by atoms with Crippen molar-refractivity contribution in [3.8, 4) is 0 Å². The van der Waals surface area contributed by atoms with E-state index in [9.17, 15) is 9.59 Å². The fourth-order valence-corrected chi connectivity index (χ4v) is 2.08. The number of aromatic nitrogens is 2. The Morgan fingerprint density at radius 2 is 2.31 bits per heavy atom. The third-order valence-electron chi connectivity index (χ3n) is 2.15. The Morgan fingerprint density at radius 1 is 1.56 bits per heavy atom. The maximum Gasteiger partial charge on any atom is 0.356 e. The van der Waals surface area contributed by atoms with Crippen LogP contribution in [0, 0.1) is 0 Å². The first-order chi connectivity index (χ1) is 7.65. The van der Waals surface area contributed by atoms with Crippen LogP contribution in [0.1, 0.15) is 16.3 Å². The minimum Gasteiger partial charge on any atom is -0.476 e. The second kappa shape index (κ2) is 4.05. The molecule has 0 aliphatic heterocycles. The van der Waals surface area contributed by atoms with Gasteiger partial charge in [0.2, 0.25) is 0 Å². The van der Waals surface area contributed by atoms with Crippen molar-refractivity contribution >= 4 is 33.7 Å². The molecule has 5 nitrogen and oxygen atoms in total. The fourth-order valence-electron chi connectivity index (χ4n) is 1.54. The van der Waals surface area contributed by atoms with Crippen molar-refractivity contribution in [2.24, 2.45) is 0 Å². The average Bonchev–Trinajstić information content (AvgIpc) is 2.59. The number of imidazole rings is 1. The van der Waals surface area contributed by atoms with Gasteiger partial charge in [-0.05, 0) is 28.1 Å². The number of aromatic carboxylic acids is 1. The fraction of sp³-hybridized carbons (Fsp3) is 0.100. The highest BCUT2D eigenvalue weighted by Gasteiger charge is 2.17. The molecule has 2 rings (SSSR count). The lowest BCUT2D eigenvalue weighted by molar-refractivity contribution is -0.107. The Hall–Kier alpha value is -1.69. The van der Waals surface area contributed by atoms with E-state index in [0.717, 1.165) is 0 Å². The second-order valence-corrected chi connectivity index (χ2v) is 3.93. The summed E-state index contributed by atoms with van der Waals surface area (Å²) in [6.07, 6.45) is 0.775. The number of nitrogens with zero attached hydrogens (tertiary/aromatic N) is 2. The molecule has 0 saturated carbocycles. The quantitative estimate of drug-likeness (QED) is 0.685. The topological polar surface area (TPSA) is 71.7 Å². The molecular weight excluding hydrogens is 276 g/mol.